The first kappa shape index (κ1) is 18.3. The summed E-state index contributed by atoms with van der Waals surface area (Å²) in [5, 5.41) is 0. The SMILES string of the molecule is CCc1ccc(CN2CCC3(CC2)CC(=O)N(CCCOC)C3)nc1. The molecule has 1 aromatic rings. The van der Waals surface area contributed by atoms with Crippen molar-refractivity contribution in [2.75, 3.05) is 39.9 Å². The Morgan fingerprint density at radius 2 is 2.08 bits per heavy atom. The molecule has 0 saturated carbocycles. The van der Waals surface area contributed by atoms with Gasteiger partial charge in [-0.25, -0.2) is 0 Å². The first-order valence-electron chi connectivity index (χ1n) is 9.57. The van der Waals surface area contributed by atoms with Gasteiger partial charge < -0.3 is 9.64 Å². The van der Waals surface area contributed by atoms with E-state index in [1.807, 2.05) is 6.20 Å². The third-order valence-corrected chi connectivity index (χ3v) is 5.78. The number of aromatic nitrogens is 1. The van der Waals surface area contributed by atoms with Gasteiger partial charge in [-0.1, -0.05) is 13.0 Å². The molecular formula is C20H31N3O2. The minimum absolute atomic E-state index is 0.208. The van der Waals surface area contributed by atoms with Crippen molar-refractivity contribution in [2.24, 2.45) is 5.41 Å². The zero-order valence-electron chi connectivity index (χ0n) is 15.7. The summed E-state index contributed by atoms with van der Waals surface area (Å²) in [6.07, 6.45) is 6.93. The molecule has 0 radical (unpaired) electrons. The molecule has 0 aliphatic carbocycles. The van der Waals surface area contributed by atoms with E-state index in [-0.39, 0.29) is 5.41 Å². The van der Waals surface area contributed by atoms with E-state index < -0.39 is 0 Å². The highest BCUT2D eigenvalue weighted by Crippen LogP contribution is 2.41. The van der Waals surface area contributed by atoms with Crippen molar-refractivity contribution in [2.45, 2.75) is 45.6 Å². The summed E-state index contributed by atoms with van der Waals surface area (Å²) in [5.41, 5.74) is 2.65. The highest BCUT2D eigenvalue weighted by atomic mass is 16.5. The number of piperidine rings is 1. The third-order valence-electron chi connectivity index (χ3n) is 5.78. The molecule has 0 aromatic carbocycles. The van der Waals surface area contributed by atoms with E-state index in [9.17, 15) is 4.79 Å². The lowest BCUT2D eigenvalue weighted by Crippen LogP contribution is -2.41. The van der Waals surface area contributed by atoms with Gasteiger partial charge in [0, 0.05) is 46.0 Å². The number of carbonyl (C=O) groups excluding carboxylic acids is 1. The standard InChI is InChI=1S/C20H31N3O2/c1-3-17-5-6-18(21-14-17)15-22-10-7-20(8-11-22)13-19(24)23(16-20)9-4-12-25-2/h5-6,14H,3-4,7-13,15-16H2,1-2H3. The van der Waals surface area contributed by atoms with E-state index >= 15 is 0 Å². The molecule has 1 aromatic heterocycles. The summed E-state index contributed by atoms with van der Waals surface area (Å²) >= 11 is 0. The van der Waals surface area contributed by atoms with Crippen LogP contribution in [0.15, 0.2) is 18.3 Å². The normalized spacial score (nSPS) is 20.6. The highest BCUT2D eigenvalue weighted by Gasteiger charge is 2.44. The Bertz CT molecular complexity index is 565. The molecule has 25 heavy (non-hydrogen) atoms. The second-order valence-electron chi connectivity index (χ2n) is 7.63. The van der Waals surface area contributed by atoms with Crippen LogP contribution in [0.4, 0.5) is 0 Å². The lowest BCUT2D eigenvalue weighted by atomic mass is 9.77. The fraction of sp³-hybridized carbons (Fsp3) is 0.700. The molecule has 0 N–H and O–H groups in total. The number of rotatable bonds is 7. The summed E-state index contributed by atoms with van der Waals surface area (Å²) < 4.78 is 5.11. The van der Waals surface area contributed by atoms with E-state index in [0.717, 1.165) is 77.1 Å². The average Bonchev–Trinajstić information content (AvgIpc) is 2.93. The Balaban J connectivity index is 1.48. The van der Waals surface area contributed by atoms with Gasteiger partial charge in [0.25, 0.3) is 0 Å². The molecule has 2 aliphatic rings. The topological polar surface area (TPSA) is 45.7 Å². The van der Waals surface area contributed by atoms with E-state index in [1.165, 1.54) is 5.56 Å². The molecule has 138 valence electrons. The third kappa shape index (κ3) is 4.59. The molecule has 3 rings (SSSR count). The van der Waals surface area contributed by atoms with Gasteiger partial charge in [-0.3, -0.25) is 14.7 Å². The van der Waals surface area contributed by atoms with Crippen LogP contribution >= 0.6 is 0 Å². The minimum atomic E-state index is 0.208. The summed E-state index contributed by atoms with van der Waals surface area (Å²) in [6, 6.07) is 4.33. The van der Waals surface area contributed by atoms with Crippen LogP contribution in [-0.4, -0.2) is 60.6 Å². The lowest BCUT2D eigenvalue weighted by molar-refractivity contribution is -0.128. The molecule has 5 heteroatoms. The molecule has 5 nitrogen and oxygen atoms in total. The molecule has 2 aliphatic heterocycles. The Labute approximate surface area is 151 Å². The maximum Gasteiger partial charge on any atom is 0.223 e. The van der Waals surface area contributed by atoms with Crippen LogP contribution in [0.5, 0.6) is 0 Å². The van der Waals surface area contributed by atoms with Crippen LogP contribution in [-0.2, 0) is 22.5 Å². The van der Waals surface area contributed by atoms with Crippen molar-refractivity contribution in [3.8, 4) is 0 Å². The zero-order valence-corrected chi connectivity index (χ0v) is 15.7. The van der Waals surface area contributed by atoms with Gasteiger partial charge in [-0.05, 0) is 55.8 Å². The minimum Gasteiger partial charge on any atom is -0.385 e. The summed E-state index contributed by atoms with van der Waals surface area (Å²) in [7, 11) is 1.72. The van der Waals surface area contributed by atoms with Crippen molar-refractivity contribution < 1.29 is 9.53 Å². The van der Waals surface area contributed by atoms with Crippen LogP contribution in [0.2, 0.25) is 0 Å². The molecule has 1 spiro atoms. The predicted octanol–water partition coefficient (Wildman–Crippen LogP) is 2.50. The Morgan fingerprint density at radius 1 is 1.28 bits per heavy atom. The second-order valence-corrected chi connectivity index (χ2v) is 7.63. The van der Waals surface area contributed by atoms with Crippen LogP contribution in [0.25, 0.3) is 0 Å². The highest BCUT2D eigenvalue weighted by molar-refractivity contribution is 5.79. The largest absolute Gasteiger partial charge is 0.385 e. The number of aryl methyl sites for hydroxylation is 1. The van der Waals surface area contributed by atoms with Gasteiger partial charge in [0.15, 0.2) is 0 Å². The quantitative estimate of drug-likeness (QED) is 0.712. The van der Waals surface area contributed by atoms with Gasteiger partial charge >= 0.3 is 0 Å². The molecule has 0 bridgehead atoms. The fourth-order valence-corrected chi connectivity index (χ4v) is 4.09. The van der Waals surface area contributed by atoms with Gasteiger partial charge in [-0.15, -0.1) is 0 Å². The van der Waals surface area contributed by atoms with Gasteiger partial charge in [0.1, 0.15) is 0 Å². The van der Waals surface area contributed by atoms with Crippen molar-refractivity contribution in [1.29, 1.82) is 0 Å². The number of ether oxygens (including phenoxy) is 1. The van der Waals surface area contributed by atoms with Gasteiger partial charge in [0.2, 0.25) is 5.91 Å². The van der Waals surface area contributed by atoms with Crippen molar-refractivity contribution in [3.63, 3.8) is 0 Å². The molecule has 0 atom stereocenters. The zero-order chi connectivity index (χ0) is 17.7. The monoisotopic (exact) mass is 345 g/mol. The Morgan fingerprint density at radius 3 is 2.72 bits per heavy atom. The van der Waals surface area contributed by atoms with E-state index in [0.29, 0.717) is 5.91 Å². The van der Waals surface area contributed by atoms with Crippen molar-refractivity contribution >= 4 is 5.91 Å². The number of hydrogen-bond donors (Lipinski definition) is 0. The van der Waals surface area contributed by atoms with E-state index in [2.05, 4.69) is 33.8 Å². The number of pyridine rings is 1. The molecule has 3 heterocycles. The van der Waals surface area contributed by atoms with Crippen LogP contribution in [0.3, 0.4) is 0 Å². The number of methoxy groups -OCH3 is 1. The average molecular weight is 345 g/mol. The van der Waals surface area contributed by atoms with E-state index in [4.69, 9.17) is 4.74 Å². The van der Waals surface area contributed by atoms with Gasteiger partial charge in [0.05, 0.1) is 5.69 Å². The molecule has 0 unspecified atom stereocenters. The lowest BCUT2D eigenvalue weighted by Gasteiger charge is -2.38. The van der Waals surface area contributed by atoms with Gasteiger partial charge in [-0.2, -0.15) is 0 Å². The number of carbonyl (C=O) groups is 1. The fourth-order valence-electron chi connectivity index (χ4n) is 4.09. The second kappa shape index (κ2) is 8.28. The summed E-state index contributed by atoms with van der Waals surface area (Å²) in [5.74, 6) is 0.335. The molecule has 2 fully saturated rings. The number of hydrogen-bond acceptors (Lipinski definition) is 4. The van der Waals surface area contributed by atoms with Crippen molar-refractivity contribution in [3.05, 3.63) is 29.6 Å². The molecule has 2 saturated heterocycles. The maximum absolute atomic E-state index is 12.3. The number of nitrogens with zero attached hydrogens (tertiary/aromatic N) is 3. The first-order chi connectivity index (χ1) is 12.1. The van der Waals surface area contributed by atoms with Crippen molar-refractivity contribution in [1.82, 2.24) is 14.8 Å². The van der Waals surface area contributed by atoms with Crippen LogP contribution in [0, 0.1) is 5.41 Å². The Hall–Kier alpha value is -1.46. The smallest absolute Gasteiger partial charge is 0.223 e. The summed E-state index contributed by atoms with van der Waals surface area (Å²) in [4.78, 5) is 21.5. The first-order valence-corrected chi connectivity index (χ1v) is 9.57. The van der Waals surface area contributed by atoms with E-state index in [1.54, 1.807) is 7.11 Å². The predicted molar refractivity (Wildman–Crippen MR) is 98.2 cm³/mol. The van der Waals surface area contributed by atoms with Crippen LogP contribution < -0.4 is 0 Å². The number of amides is 1. The number of likely N-dealkylation sites (tertiary alicyclic amines) is 2. The molecule has 1 amide bonds. The van der Waals surface area contributed by atoms with Crippen LogP contribution in [0.1, 0.15) is 43.9 Å². The Kier molecular flexibility index (Phi) is 6.07. The summed E-state index contributed by atoms with van der Waals surface area (Å²) in [6.45, 7) is 7.72. The maximum atomic E-state index is 12.3. The molecular weight excluding hydrogens is 314 g/mol.